The van der Waals surface area contributed by atoms with Crippen LogP contribution in [0.25, 0.3) is 0 Å². The molecule has 0 radical (unpaired) electrons. The first-order valence-electron chi connectivity index (χ1n) is 10.3. The molecule has 0 aromatic heterocycles. The average Bonchev–Trinajstić information content (AvgIpc) is 3.25. The van der Waals surface area contributed by atoms with Crippen LogP contribution in [0.1, 0.15) is 53.9 Å². The lowest BCUT2D eigenvalue weighted by Crippen LogP contribution is -2.61. The number of fused-ring (bicyclic) bond motifs is 1. The van der Waals surface area contributed by atoms with Gasteiger partial charge in [-0.3, -0.25) is 9.59 Å². The van der Waals surface area contributed by atoms with Gasteiger partial charge in [0.25, 0.3) is 0 Å². The third-order valence-electron chi connectivity index (χ3n) is 5.69. The molecule has 170 valence electrons. The van der Waals surface area contributed by atoms with Crippen molar-refractivity contribution in [2.24, 2.45) is 23.7 Å². The normalized spacial score (nSPS) is 28.2. The molecule has 0 aliphatic heterocycles. The Hall–Kier alpha value is -2.32. The SMILES string of the molecule is COC(=O)[C@H]1[C@@H]2CC[C@@](NC(=O)[C@@H](CC(C)C)NC(=O)OC(C)(C)C)(C(=O)OC)[C@@H]21. The number of carbonyl (C=O) groups excluding carboxylic acids is 4. The zero-order valence-corrected chi connectivity index (χ0v) is 18.9. The maximum Gasteiger partial charge on any atom is 0.408 e. The number of nitrogens with one attached hydrogen (secondary N) is 2. The Kier molecular flexibility index (Phi) is 7.04. The zero-order chi connectivity index (χ0) is 22.9. The number of methoxy groups -OCH3 is 2. The van der Waals surface area contributed by atoms with E-state index < -0.39 is 47.0 Å². The molecule has 2 N–H and O–H groups in total. The molecule has 0 bridgehead atoms. The molecule has 0 heterocycles. The summed E-state index contributed by atoms with van der Waals surface area (Å²) in [6, 6.07) is -0.893. The van der Waals surface area contributed by atoms with Gasteiger partial charge >= 0.3 is 18.0 Å². The molecule has 0 aromatic rings. The highest BCUT2D eigenvalue weighted by Crippen LogP contribution is 2.63. The van der Waals surface area contributed by atoms with Crippen LogP contribution in [0, 0.1) is 23.7 Å². The average molecular weight is 427 g/mol. The number of esters is 2. The predicted octanol–water partition coefficient (Wildman–Crippen LogP) is 1.78. The largest absolute Gasteiger partial charge is 0.469 e. The third-order valence-corrected chi connectivity index (χ3v) is 5.69. The number of ether oxygens (including phenoxy) is 3. The van der Waals surface area contributed by atoms with E-state index >= 15 is 0 Å². The van der Waals surface area contributed by atoms with E-state index in [0.29, 0.717) is 19.3 Å². The molecule has 0 aromatic carbocycles. The molecule has 0 spiro atoms. The van der Waals surface area contributed by atoms with Crippen molar-refractivity contribution in [2.45, 2.75) is 71.1 Å². The maximum absolute atomic E-state index is 13.2. The van der Waals surface area contributed by atoms with Gasteiger partial charge in [0, 0.05) is 5.92 Å². The number of alkyl carbamates (subject to hydrolysis) is 1. The van der Waals surface area contributed by atoms with Crippen molar-refractivity contribution in [3.63, 3.8) is 0 Å². The van der Waals surface area contributed by atoms with Gasteiger partial charge < -0.3 is 24.8 Å². The fourth-order valence-electron chi connectivity index (χ4n) is 4.50. The predicted molar refractivity (Wildman–Crippen MR) is 107 cm³/mol. The second-order valence-corrected chi connectivity index (χ2v) is 9.56. The summed E-state index contributed by atoms with van der Waals surface area (Å²) in [5.41, 5.74) is -2.02. The number of rotatable bonds is 7. The van der Waals surface area contributed by atoms with E-state index in [1.54, 1.807) is 20.8 Å². The van der Waals surface area contributed by atoms with Crippen LogP contribution in [0.5, 0.6) is 0 Å². The monoisotopic (exact) mass is 426 g/mol. The van der Waals surface area contributed by atoms with E-state index in [1.165, 1.54) is 14.2 Å². The number of hydrogen-bond donors (Lipinski definition) is 2. The topological polar surface area (TPSA) is 120 Å². The lowest BCUT2D eigenvalue weighted by Gasteiger charge is -2.32. The van der Waals surface area contributed by atoms with Crippen molar-refractivity contribution in [3.8, 4) is 0 Å². The highest BCUT2D eigenvalue weighted by Gasteiger charge is 2.72. The summed E-state index contributed by atoms with van der Waals surface area (Å²) in [7, 11) is 2.56. The molecule has 2 rings (SSSR count). The Morgan fingerprint density at radius 2 is 1.73 bits per heavy atom. The van der Waals surface area contributed by atoms with Gasteiger partial charge in [-0.15, -0.1) is 0 Å². The Bertz CT molecular complexity index is 700. The zero-order valence-electron chi connectivity index (χ0n) is 18.9. The Morgan fingerprint density at radius 3 is 2.23 bits per heavy atom. The number of hydrogen-bond acceptors (Lipinski definition) is 7. The molecular formula is C21H34N2O7. The summed E-state index contributed by atoms with van der Waals surface area (Å²) in [6.07, 6.45) is 0.624. The molecule has 9 heteroatoms. The van der Waals surface area contributed by atoms with Crippen LogP contribution in [0.3, 0.4) is 0 Å². The smallest absolute Gasteiger partial charge is 0.408 e. The van der Waals surface area contributed by atoms with Crippen LogP contribution in [0.2, 0.25) is 0 Å². The summed E-state index contributed by atoms with van der Waals surface area (Å²) < 4.78 is 15.1. The standard InChI is InChI=1S/C21H34N2O7/c1-11(2)10-13(22-19(27)30-20(3,4)5)16(24)23-21(18(26)29-7)9-8-12-14(15(12)21)17(25)28-6/h11-15H,8-10H2,1-7H3,(H,22,27)(H,23,24)/t12-,13+,14-,15-,21-/m0/s1. The van der Waals surface area contributed by atoms with Crippen LogP contribution in [0.15, 0.2) is 0 Å². The Labute approximate surface area is 177 Å². The van der Waals surface area contributed by atoms with Crippen LogP contribution >= 0.6 is 0 Å². The summed E-state index contributed by atoms with van der Waals surface area (Å²) >= 11 is 0. The van der Waals surface area contributed by atoms with E-state index in [1.807, 2.05) is 13.8 Å². The summed E-state index contributed by atoms with van der Waals surface area (Å²) in [6.45, 7) is 9.04. The van der Waals surface area contributed by atoms with Gasteiger partial charge in [-0.05, 0) is 51.9 Å². The second kappa shape index (κ2) is 8.81. The lowest BCUT2D eigenvalue weighted by molar-refractivity contribution is -0.153. The number of amides is 2. The lowest BCUT2D eigenvalue weighted by atomic mass is 9.89. The van der Waals surface area contributed by atoms with Crippen molar-refractivity contribution < 1.29 is 33.4 Å². The first-order chi connectivity index (χ1) is 13.9. The molecule has 0 unspecified atom stereocenters. The van der Waals surface area contributed by atoms with Crippen LogP contribution in [0.4, 0.5) is 4.79 Å². The van der Waals surface area contributed by atoms with E-state index in [4.69, 9.17) is 14.2 Å². The molecule has 2 fully saturated rings. The van der Waals surface area contributed by atoms with Gasteiger partial charge in [-0.2, -0.15) is 0 Å². The van der Waals surface area contributed by atoms with Gasteiger partial charge in [-0.25, -0.2) is 9.59 Å². The first kappa shape index (κ1) is 24.0. The van der Waals surface area contributed by atoms with E-state index in [-0.39, 0.29) is 17.8 Å². The van der Waals surface area contributed by atoms with E-state index in [2.05, 4.69) is 10.6 Å². The minimum Gasteiger partial charge on any atom is -0.469 e. The molecular weight excluding hydrogens is 392 g/mol. The summed E-state index contributed by atoms with van der Waals surface area (Å²) in [4.78, 5) is 50.2. The first-order valence-corrected chi connectivity index (χ1v) is 10.3. The van der Waals surface area contributed by atoms with Gasteiger partial charge in [0.15, 0.2) is 0 Å². The molecule has 2 aliphatic rings. The highest BCUT2D eigenvalue weighted by molar-refractivity contribution is 5.94. The third kappa shape index (κ3) is 5.05. The molecule has 5 atom stereocenters. The quantitative estimate of drug-likeness (QED) is 0.470. The van der Waals surface area contributed by atoms with Crippen molar-refractivity contribution in [1.29, 1.82) is 0 Å². The fourth-order valence-corrected chi connectivity index (χ4v) is 4.50. The van der Waals surface area contributed by atoms with Gasteiger partial charge in [0.2, 0.25) is 5.91 Å². The Morgan fingerprint density at radius 1 is 1.10 bits per heavy atom. The van der Waals surface area contributed by atoms with Crippen LogP contribution in [-0.2, 0) is 28.6 Å². The van der Waals surface area contributed by atoms with Gasteiger partial charge in [0.1, 0.15) is 17.2 Å². The second-order valence-electron chi connectivity index (χ2n) is 9.56. The van der Waals surface area contributed by atoms with Crippen LogP contribution < -0.4 is 10.6 Å². The van der Waals surface area contributed by atoms with Crippen LogP contribution in [-0.4, -0.2) is 55.3 Å². The molecule has 0 saturated heterocycles. The molecule has 9 nitrogen and oxygen atoms in total. The maximum atomic E-state index is 13.2. The van der Waals surface area contributed by atoms with E-state index in [0.717, 1.165) is 0 Å². The van der Waals surface area contributed by atoms with E-state index in [9.17, 15) is 19.2 Å². The van der Waals surface area contributed by atoms with Gasteiger partial charge in [-0.1, -0.05) is 13.8 Å². The highest BCUT2D eigenvalue weighted by atomic mass is 16.6. The minimum atomic E-state index is -1.31. The van der Waals surface area contributed by atoms with Gasteiger partial charge in [0.05, 0.1) is 20.1 Å². The fraction of sp³-hybridized carbons (Fsp3) is 0.810. The molecule has 2 saturated carbocycles. The van der Waals surface area contributed by atoms with Crippen molar-refractivity contribution in [2.75, 3.05) is 14.2 Å². The number of carbonyl (C=O) groups is 4. The Balaban J connectivity index is 2.21. The molecule has 2 aliphatic carbocycles. The molecule has 2 amide bonds. The van der Waals surface area contributed by atoms with Crippen molar-refractivity contribution >= 4 is 23.9 Å². The minimum absolute atomic E-state index is 0.0285. The summed E-state index contributed by atoms with van der Waals surface area (Å²) in [5, 5.41) is 5.44. The van der Waals surface area contributed by atoms with Crippen molar-refractivity contribution in [3.05, 3.63) is 0 Å². The molecule has 30 heavy (non-hydrogen) atoms. The summed E-state index contributed by atoms with van der Waals surface area (Å²) in [5.74, 6) is -2.22. The van der Waals surface area contributed by atoms with Crippen molar-refractivity contribution in [1.82, 2.24) is 10.6 Å².